The Morgan fingerprint density at radius 3 is 2.68 bits per heavy atom. The smallest absolute Gasteiger partial charge is 0.265 e. The van der Waals surface area contributed by atoms with Crippen LogP contribution in [0.3, 0.4) is 0 Å². The first-order valence-electron chi connectivity index (χ1n) is 5.61. The van der Waals surface area contributed by atoms with E-state index in [-0.39, 0.29) is 12.2 Å². The summed E-state index contributed by atoms with van der Waals surface area (Å²) in [6.45, 7) is -0.485. The van der Waals surface area contributed by atoms with E-state index in [1.807, 2.05) is 0 Å². The second-order valence-corrected chi connectivity index (χ2v) is 4.87. The number of hydrogen-bond donors (Lipinski definition) is 2. The highest BCUT2D eigenvalue weighted by Gasteiger charge is 2.17. The van der Waals surface area contributed by atoms with Gasteiger partial charge in [0.1, 0.15) is 11.9 Å². The minimum Gasteiger partial charge on any atom is -0.385 e. The molecular formula is C12H14F3NO2S. The van der Waals surface area contributed by atoms with Crippen molar-refractivity contribution in [2.75, 3.05) is 12.3 Å². The van der Waals surface area contributed by atoms with Crippen LogP contribution < -0.4 is 5.32 Å². The molecule has 0 heterocycles. The van der Waals surface area contributed by atoms with Crippen LogP contribution in [0.1, 0.15) is 6.42 Å². The predicted molar refractivity (Wildman–Crippen MR) is 66.8 cm³/mol. The van der Waals surface area contributed by atoms with Crippen molar-refractivity contribution in [2.45, 2.75) is 23.8 Å². The van der Waals surface area contributed by atoms with E-state index < -0.39 is 25.0 Å². The first-order chi connectivity index (χ1) is 9.00. The molecule has 0 aliphatic heterocycles. The predicted octanol–water partition coefficient (Wildman–Crippen LogP) is 2.05. The van der Waals surface area contributed by atoms with Gasteiger partial charge in [0.05, 0.1) is 0 Å². The molecule has 1 unspecified atom stereocenters. The second kappa shape index (κ2) is 8.06. The minimum absolute atomic E-state index is 0.0644. The molecule has 3 nitrogen and oxygen atoms in total. The third-order valence-electron chi connectivity index (χ3n) is 2.22. The van der Waals surface area contributed by atoms with Crippen molar-refractivity contribution in [2.24, 2.45) is 0 Å². The van der Waals surface area contributed by atoms with Gasteiger partial charge in [-0.25, -0.2) is 13.2 Å². The molecule has 0 aromatic heterocycles. The van der Waals surface area contributed by atoms with Crippen molar-refractivity contribution in [3.05, 3.63) is 30.1 Å². The van der Waals surface area contributed by atoms with Gasteiger partial charge in [-0.15, -0.1) is 11.8 Å². The number of halogens is 3. The number of amides is 1. The molecule has 1 aromatic rings. The van der Waals surface area contributed by atoms with E-state index in [1.165, 1.54) is 17.8 Å². The number of nitrogens with one attached hydrogen (secondary N) is 1. The van der Waals surface area contributed by atoms with Crippen molar-refractivity contribution in [3.8, 4) is 0 Å². The lowest BCUT2D eigenvalue weighted by Gasteiger charge is -2.10. The Balaban J connectivity index is 2.23. The van der Waals surface area contributed by atoms with Gasteiger partial charge >= 0.3 is 0 Å². The lowest BCUT2D eigenvalue weighted by atomic mass is 10.3. The number of aliphatic hydroxyl groups excluding tert-OH is 1. The van der Waals surface area contributed by atoms with Crippen molar-refractivity contribution in [3.63, 3.8) is 0 Å². The first-order valence-corrected chi connectivity index (χ1v) is 6.59. The summed E-state index contributed by atoms with van der Waals surface area (Å²) in [4.78, 5) is 11.7. The number of carbonyl (C=O) groups excluding carboxylic acids is 1. The summed E-state index contributed by atoms with van der Waals surface area (Å²) < 4.78 is 37.1. The molecule has 0 saturated heterocycles. The van der Waals surface area contributed by atoms with Crippen LogP contribution in [0.4, 0.5) is 13.2 Å². The Labute approximate surface area is 113 Å². The van der Waals surface area contributed by atoms with Crippen LogP contribution in [-0.4, -0.2) is 35.8 Å². The molecular weight excluding hydrogens is 279 g/mol. The second-order valence-electron chi connectivity index (χ2n) is 3.73. The Kier molecular flexibility index (Phi) is 6.72. The summed E-state index contributed by atoms with van der Waals surface area (Å²) in [6, 6.07) is 6.17. The molecule has 106 valence electrons. The van der Waals surface area contributed by atoms with Crippen LogP contribution >= 0.6 is 11.8 Å². The van der Waals surface area contributed by atoms with E-state index >= 15 is 0 Å². The van der Waals surface area contributed by atoms with Crippen LogP contribution in [0.5, 0.6) is 0 Å². The summed E-state index contributed by atoms with van der Waals surface area (Å²) >= 11 is 1.17. The normalized spacial score (nSPS) is 12.5. The molecule has 0 saturated carbocycles. The summed E-state index contributed by atoms with van der Waals surface area (Å²) in [6.07, 6.45) is -4.68. The third-order valence-corrected chi connectivity index (χ3v) is 3.27. The van der Waals surface area contributed by atoms with E-state index in [4.69, 9.17) is 5.11 Å². The number of hydrogen-bond acceptors (Lipinski definition) is 3. The van der Waals surface area contributed by atoms with Gasteiger partial charge in [-0.3, -0.25) is 4.79 Å². The fourth-order valence-electron chi connectivity index (χ4n) is 1.21. The van der Waals surface area contributed by atoms with Gasteiger partial charge < -0.3 is 10.4 Å². The maximum absolute atomic E-state index is 13.2. The number of rotatable bonds is 7. The maximum atomic E-state index is 13.2. The zero-order chi connectivity index (χ0) is 14.3. The monoisotopic (exact) mass is 293 g/mol. The quantitative estimate of drug-likeness (QED) is 0.757. The molecule has 1 aromatic carbocycles. The lowest BCUT2D eigenvalue weighted by Crippen LogP contribution is -2.35. The minimum atomic E-state index is -2.88. The molecule has 1 rings (SSSR count). The zero-order valence-electron chi connectivity index (χ0n) is 9.98. The fourth-order valence-corrected chi connectivity index (χ4v) is 2.10. The molecule has 7 heteroatoms. The van der Waals surface area contributed by atoms with Gasteiger partial charge in [0, 0.05) is 23.6 Å². The van der Waals surface area contributed by atoms with E-state index in [9.17, 15) is 18.0 Å². The molecule has 0 aliphatic carbocycles. The summed E-state index contributed by atoms with van der Waals surface area (Å²) in [5.74, 6) is -0.484. The standard InChI is InChI=1S/C12H14F3NO2S/c13-8-3-1-2-4-10(8)19-6-5-11(18)16-7-9(17)12(14)15/h1-4,9,12,17H,5-7H2,(H,16,18). The van der Waals surface area contributed by atoms with Gasteiger partial charge in [-0.05, 0) is 12.1 Å². The highest BCUT2D eigenvalue weighted by Crippen LogP contribution is 2.21. The van der Waals surface area contributed by atoms with E-state index in [0.29, 0.717) is 10.6 Å². The SMILES string of the molecule is O=C(CCSc1ccccc1F)NCC(O)C(F)F. The Bertz CT molecular complexity index is 418. The topological polar surface area (TPSA) is 49.3 Å². The number of thioether (sulfide) groups is 1. The fraction of sp³-hybridized carbons (Fsp3) is 0.417. The van der Waals surface area contributed by atoms with Gasteiger partial charge in [0.15, 0.2) is 0 Å². The molecule has 19 heavy (non-hydrogen) atoms. The van der Waals surface area contributed by atoms with Gasteiger partial charge in [-0.1, -0.05) is 12.1 Å². The van der Waals surface area contributed by atoms with Crippen LogP contribution in [0, 0.1) is 5.82 Å². The van der Waals surface area contributed by atoms with Crippen molar-refractivity contribution < 1.29 is 23.1 Å². The zero-order valence-corrected chi connectivity index (χ0v) is 10.8. The number of benzene rings is 1. The van der Waals surface area contributed by atoms with Crippen LogP contribution in [0.15, 0.2) is 29.2 Å². The lowest BCUT2D eigenvalue weighted by molar-refractivity contribution is -0.121. The van der Waals surface area contributed by atoms with Crippen LogP contribution in [-0.2, 0) is 4.79 Å². The highest BCUT2D eigenvalue weighted by atomic mass is 32.2. The average molecular weight is 293 g/mol. The van der Waals surface area contributed by atoms with E-state index in [0.717, 1.165) is 0 Å². The van der Waals surface area contributed by atoms with Crippen molar-refractivity contribution in [1.29, 1.82) is 0 Å². The molecule has 1 amide bonds. The number of alkyl halides is 2. The third kappa shape index (κ3) is 5.98. The van der Waals surface area contributed by atoms with E-state index in [2.05, 4.69) is 5.32 Å². The summed E-state index contributed by atoms with van der Waals surface area (Å²) in [7, 11) is 0. The van der Waals surface area contributed by atoms with Crippen LogP contribution in [0.2, 0.25) is 0 Å². The van der Waals surface area contributed by atoms with Gasteiger partial charge in [0.2, 0.25) is 5.91 Å². The molecule has 2 N–H and O–H groups in total. The highest BCUT2D eigenvalue weighted by molar-refractivity contribution is 7.99. The average Bonchev–Trinajstić information content (AvgIpc) is 2.38. The number of carbonyl (C=O) groups is 1. The summed E-state index contributed by atoms with van der Waals surface area (Å²) in [5, 5.41) is 11.0. The maximum Gasteiger partial charge on any atom is 0.265 e. The van der Waals surface area contributed by atoms with Crippen LogP contribution in [0.25, 0.3) is 0 Å². The number of aliphatic hydroxyl groups is 1. The molecule has 0 spiro atoms. The first kappa shape index (κ1) is 15.8. The van der Waals surface area contributed by atoms with E-state index in [1.54, 1.807) is 18.2 Å². The van der Waals surface area contributed by atoms with Crippen molar-refractivity contribution in [1.82, 2.24) is 5.32 Å². The van der Waals surface area contributed by atoms with Crippen molar-refractivity contribution >= 4 is 17.7 Å². The Morgan fingerprint density at radius 1 is 1.37 bits per heavy atom. The molecule has 0 aliphatic rings. The van der Waals surface area contributed by atoms with Gasteiger partial charge in [-0.2, -0.15) is 0 Å². The Hall–Kier alpha value is -1.21. The molecule has 0 fully saturated rings. The molecule has 0 bridgehead atoms. The largest absolute Gasteiger partial charge is 0.385 e. The van der Waals surface area contributed by atoms with Gasteiger partial charge in [0.25, 0.3) is 6.43 Å². The summed E-state index contributed by atoms with van der Waals surface area (Å²) in [5.41, 5.74) is 0. The Morgan fingerprint density at radius 2 is 2.05 bits per heavy atom. The molecule has 0 radical (unpaired) electrons. The molecule has 1 atom stereocenters.